The Morgan fingerprint density at radius 3 is 2.75 bits per heavy atom. The highest BCUT2D eigenvalue weighted by Gasteiger charge is 2.31. The van der Waals surface area contributed by atoms with E-state index in [2.05, 4.69) is 17.6 Å². The molecule has 2 aliphatic rings. The molecular formula is C19H27N3O2. The van der Waals surface area contributed by atoms with Gasteiger partial charge in [-0.25, -0.2) is 0 Å². The second-order valence-corrected chi connectivity index (χ2v) is 7.04. The zero-order valence-corrected chi connectivity index (χ0v) is 14.3. The van der Waals surface area contributed by atoms with Crippen LogP contribution < -0.4 is 10.6 Å². The summed E-state index contributed by atoms with van der Waals surface area (Å²) in [5, 5.41) is 6.57. The quantitative estimate of drug-likeness (QED) is 0.886. The van der Waals surface area contributed by atoms with Crippen molar-refractivity contribution in [3.05, 3.63) is 35.9 Å². The standard InChI is InChI=1S/C19H27N3O2/c1-14-12-20-10-9-17(14)21-18(23)16-8-5-11-22(13-16)19(24)15-6-3-2-4-7-15/h2-4,6-7,14,16-17,20H,5,8-13H2,1H3,(H,21,23). The molecule has 2 fully saturated rings. The molecule has 0 saturated carbocycles. The summed E-state index contributed by atoms with van der Waals surface area (Å²) in [6, 6.07) is 9.58. The first-order chi connectivity index (χ1) is 11.6. The van der Waals surface area contributed by atoms with Gasteiger partial charge in [-0.2, -0.15) is 0 Å². The number of amides is 2. The van der Waals surface area contributed by atoms with Crippen LogP contribution >= 0.6 is 0 Å². The molecule has 0 spiro atoms. The van der Waals surface area contributed by atoms with E-state index in [0.29, 0.717) is 18.0 Å². The number of carbonyl (C=O) groups excluding carboxylic acids is 2. The Hall–Kier alpha value is -1.88. The van der Waals surface area contributed by atoms with Crippen molar-refractivity contribution in [3.8, 4) is 0 Å². The van der Waals surface area contributed by atoms with Gasteiger partial charge in [0, 0.05) is 24.7 Å². The Bertz CT molecular complexity index is 575. The molecule has 2 saturated heterocycles. The van der Waals surface area contributed by atoms with Crippen LogP contribution in [0.5, 0.6) is 0 Å². The molecule has 24 heavy (non-hydrogen) atoms. The third-order valence-electron chi connectivity index (χ3n) is 5.21. The van der Waals surface area contributed by atoms with E-state index in [0.717, 1.165) is 38.9 Å². The third kappa shape index (κ3) is 3.96. The average Bonchev–Trinajstić information content (AvgIpc) is 2.64. The minimum absolute atomic E-state index is 0.0309. The van der Waals surface area contributed by atoms with Crippen LogP contribution in [-0.4, -0.2) is 48.9 Å². The van der Waals surface area contributed by atoms with Gasteiger partial charge in [0.2, 0.25) is 5.91 Å². The molecule has 2 amide bonds. The fourth-order valence-electron chi connectivity index (χ4n) is 3.67. The van der Waals surface area contributed by atoms with E-state index in [1.54, 1.807) is 0 Å². The van der Waals surface area contributed by atoms with Crippen LogP contribution in [0, 0.1) is 11.8 Å². The van der Waals surface area contributed by atoms with E-state index in [1.165, 1.54) is 0 Å². The van der Waals surface area contributed by atoms with Crippen LogP contribution in [0.1, 0.15) is 36.5 Å². The lowest BCUT2D eigenvalue weighted by atomic mass is 9.92. The molecule has 1 aromatic carbocycles. The monoisotopic (exact) mass is 329 g/mol. The lowest BCUT2D eigenvalue weighted by Crippen LogP contribution is -2.52. The summed E-state index contributed by atoms with van der Waals surface area (Å²) in [7, 11) is 0. The van der Waals surface area contributed by atoms with Crippen molar-refractivity contribution in [2.45, 2.75) is 32.2 Å². The van der Waals surface area contributed by atoms with Crippen molar-refractivity contribution in [1.29, 1.82) is 0 Å². The smallest absolute Gasteiger partial charge is 0.253 e. The van der Waals surface area contributed by atoms with Crippen molar-refractivity contribution < 1.29 is 9.59 Å². The second kappa shape index (κ2) is 7.79. The number of nitrogens with zero attached hydrogens (tertiary/aromatic N) is 1. The van der Waals surface area contributed by atoms with Crippen LogP contribution in [0.15, 0.2) is 30.3 Å². The molecule has 2 N–H and O–H groups in total. The summed E-state index contributed by atoms with van der Waals surface area (Å²) in [5.41, 5.74) is 0.700. The number of benzene rings is 1. The number of hydrogen-bond acceptors (Lipinski definition) is 3. The van der Waals surface area contributed by atoms with Crippen molar-refractivity contribution in [2.24, 2.45) is 11.8 Å². The Kier molecular flexibility index (Phi) is 5.51. The zero-order valence-electron chi connectivity index (χ0n) is 14.3. The molecule has 5 heteroatoms. The fourth-order valence-corrected chi connectivity index (χ4v) is 3.67. The van der Waals surface area contributed by atoms with Crippen molar-refractivity contribution >= 4 is 11.8 Å². The van der Waals surface area contributed by atoms with Crippen LogP contribution in [-0.2, 0) is 4.79 Å². The highest BCUT2D eigenvalue weighted by molar-refractivity contribution is 5.94. The van der Waals surface area contributed by atoms with Gasteiger partial charge in [0.1, 0.15) is 0 Å². The molecule has 0 bridgehead atoms. The van der Waals surface area contributed by atoms with Crippen LogP contribution in [0.2, 0.25) is 0 Å². The van der Waals surface area contributed by atoms with Crippen LogP contribution in [0.3, 0.4) is 0 Å². The molecule has 130 valence electrons. The first-order valence-corrected chi connectivity index (χ1v) is 9.00. The molecule has 3 unspecified atom stereocenters. The van der Waals surface area contributed by atoms with Crippen LogP contribution in [0.25, 0.3) is 0 Å². The third-order valence-corrected chi connectivity index (χ3v) is 5.21. The topological polar surface area (TPSA) is 61.4 Å². The Labute approximate surface area is 143 Å². The van der Waals surface area contributed by atoms with E-state index >= 15 is 0 Å². The van der Waals surface area contributed by atoms with Crippen LogP contribution in [0.4, 0.5) is 0 Å². The predicted molar refractivity (Wildman–Crippen MR) is 93.7 cm³/mol. The molecule has 2 aliphatic heterocycles. The number of hydrogen-bond donors (Lipinski definition) is 2. The van der Waals surface area contributed by atoms with Gasteiger partial charge in [-0.05, 0) is 50.4 Å². The van der Waals surface area contributed by atoms with Crippen molar-refractivity contribution in [3.63, 3.8) is 0 Å². The maximum absolute atomic E-state index is 12.6. The molecular weight excluding hydrogens is 302 g/mol. The number of likely N-dealkylation sites (tertiary alicyclic amines) is 1. The number of piperidine rings is 2. The van der Waals surface area contributed by atoms with E-state index in [9.17, 15) is 9.59 Å². The maximum atomic E-state index is 12.6. The van der Waals surface area contributed by atoms with Gasteiger partial charge in [0.05, 0.1) is 5.92 Å². The molecule has 0 radical (unpaired) electrons. The average molecular weight is 329 g/mol. The van der Waals surface area contributed by atoms with E-state index in [1.807, 2.05) is 35.2 Å². The van der Waals surface area contributed by atoms with Gasteiger partial charge in [0.15, 0.2) is 0 Å². The Morgan fingerprint density at radius 2 is 2.00 bits per heavy atom. The maximum Gasteiger partial charge on any atom is 0.253 e. The minimum atomic E-state index is -0.0894. The van der Waals surface area contributed by atoms with E-state index in [-0.39, 0.29) is 23.8 Å². The zero-order chi connectivity index (χ0) is 16.9. The van der Waals surface area contributed by atoms with Gasteiger partial charge < -0.3 is 15.5 Å². The van der Waals surface area contributed by atoms with Gasteiger partial charge in [0.25, 0.3) is 5.91 Å². The molecule has 3 rings (SSSR count). The number of nitrogens with one attached hydrogen (secondary N) is 2. The second-order valence-electron chi connectivity index (χ2n) is 7.04. The van der Waals surface area contributed by atoms with Gasteiger partial charge in [-0.15, -0.1) is 0 Å². The normalized spacial score (nSPS) is 27.5. The van der Waals surface area contributed by atoms with Gasteiger partial charge in [-0.3, -0.25) is 9.59 Å². The highest BCUT2D eigenvalue weighted by atomic mass is 16.2. The molecule has 2 heterocycles. The first kappa shape index (κ1) is 17.0. The summed E-state index contributed by atoms with van der Waals surface area (Å²) >= 11 is 0. The van der Waals surface area contributed by atoms with E-state index in [4.69, 9.17) is 0 Å². The summed E-state index contributed by atoms with van der Waals surface area (Å²) in [6.07, 6.45) is 2.73. The van der Waals surface area contributed by atoms with E-state index < -0.39 is 0 Å². The molecule has 1 aromatic rings. The molecule has 3 atom stereocenters. The molecule has 0 aliphatic carbocycles. The lowest BCUT2D eigenvalue weighted by Gasteiger charge is -2.35. The molecule has 5 nitrogen and oxygen atoms in total. The number of carbonyl (C=O) groups is 2. The fraction of sp³-hybridized carbons (Fsp3) is 0.579. The first-order valence-electron chi connectivity index (χ1n) is 9.00. The summed E-state index contributed by atoms with van der Waals surface area (Å²) < 4.78 is 0. The highest BCUT2D eigenvalue weighted by Crippen LogP contribution is 2.20. The largest absolute Gasteiger partial charge is 0.353 e. The molecule has 0 aromatic heterocycles. The Balaban J connectivity index is 1.58. The summed E-state index contributed by atoms with van der Waals surface area (Å²) in [5.74, 6) is 0.504. The Morgan fingerprint density at radius 1 is 1.21 bits per heavy atom. The van der Waals surface area contributed by atoms with Gasteiger partial charge in [-0.1, -0.05) is 25.1 Å². The SMILES string of the molecule is CC1CNCCC1NC(=O)C1CCCN(C(=O)c2ccccc2)C1. The lowest BCUT2D eigenvalue weighted by molar-refractivity contribution is -0.127. The summed E-state index contributed by atoms with van der Waals surface area (Å²) in [4.78, 5) is 27.1. The van der Waals surface area contributed by atoms with Crippen molar-refractivity contribution in [2.75, 3.05) is 26.2 Å². The van der Waals surface area contributed by atoms with Crippen molar-refractivity contribution in [1.82, 2.24) is 15.5 Å². The van der Waals surface area contributed by atoms with Gasteiger partial charge >= 0.3 is 0 Å². The summed E-state index contributed by atoms with van der Waals surface area (Å²) in [6.45, 7) is 5.34. The number of rotatable bonds is 3. The minimum Gasteiger partial charge on any atom is -0.353 e. The predicted octanol–water partition coefficient (Wildman–Crippen LogP) is 1.65.